The normalized spacial score (nSPS) is 19.8. The van der Waals surface area contributed by atoms with E-state index in [0.29, 0.717) is 10.6 Å². The van der Waals surface area contributed by atoms with Crippen LogP contribution in [0.15, 0.2) is 66.7 Å². The number of halogens is 1. The smallest absolute Gasteiger partial charge is 0.354 e. The van der Waals surface area contributed by atoms with Crippen molar-refractivity contribution in [2.45, 2.75) is 12.0 Å². The third-order valence-corrected chi connectivity index (χ3v) is 4.33. The maximum atomic E-state index is 12.5. The van der Waals surface area contributed by atoms with Gasteiger partial charge < -0.3 is 9.47 Å². The number of carbonyl (C=O) groups excluding carboxylic acids is 2. The Bertz CT molecular complexity index is 886. The third-order valence-electron chi connectivity index (χ3n) is 4.10. The van der Waals surface area contributed by atoms with E-state index in [-0.39, 0.29) is 6.42 Å². The van der Waals surface area contributed by atoms with Crippen molar-refractivity contribution in [3.8, 4) is 0 Å². The summed E-state index contributed by atoms with van der Waals surface area (Å²) in [6, 6.07) is 16.6. The first-order valence-electron chi connectivity index (χ1n) is 8.05. The number of methoxy groups -OCH3 is 1. The summed E-state index contributed by atoms with van der Waals surface area (Å²) in [6.07, 6.45) is 4.85. The zero-order chi connectivity index (χ0) is 18.6. The van der Waals surface area contributed by atoms with Gasteiger partial charge >= 0.3 is 11.9 Å². The fourth-order valence-electron chi connectivity index (χ4n) is 2.84. The van der Waals surface area contributed by atoms with Crippen LogP contribution < -0.4 is 0 Å². The lowest BCUT2D eigenvalue weighted by Crippen LogP contribution is -2.44. The molecule has 0 saturated carbocycles. The minimum atomic E-state index is -1.52. The fraction of sp³-hybridized carbons (Fsp3) is 0.143. The van der Waals surface area contributed by atoms with Crippen LogP contribution in [0.3, 0.4) is 0 Å². The summed E-state index contributed by atoms with van der Waals surface area (Å²) in [5.41, 5.74) is 0.779. The Hall–Kier alpha value is -2.85. The van der Waals surface area contributed by atoms with Crippen molar-refractivity contribution in [2.75, 3.05) is 7.11 Å². The summed E-state index contributed by atoms with van der Waals surface area (Å²) < 4.78 is 10.3. The second kappa shape index (κ2) is 7.58. The molecule has 26 heavy (non-hydrogen) atoms. The van der Waals surface area contributed by atoms with E-state index in [2.05, 4.69) is 0 Å². The van der Waals surface area contributed by atoms with Crippen molar-refractivity contribution in [3.05, 3.63) is 82.9 Å². The number of esters is 2. The van der Waals surface area contributed by atoms with Crippen molar-refractivity contribution in [2.24, 2.45) is 0 Å². The lowest BCUT2D eigenvalue weighted by Gasteiger charge is -2.31. The van der Waals surface area contributed by atoms with Crippen LogP contribution in [0.2, 0.25) is 5.02 Å². The molecule has 0 aromatic heterocycles. The summed E-state index contributed by atoms with van der Waals surface area (Å²) in [7, 11) is 1.27. The lowest BCUT2D eigenvalue weighted by atomic mass is 9.87. The van der Waals surface area contributed by atoms with Crippen molar-refractivity contribution in [1.29, 1.82) is 0 Å². The number of hydrogen-bond acceptors (Lipinski definition) is 4. The molecule has 0 aliphatic carbocycles. The molecule has 0 unspecified atom stereocenters. The molecular weight excluding hydrogens is 352 g/mol. The summed E-state index contributed by atoms with van der Waals surface area (Å²) in [5, 5.41) is 0.547. The Balaban J connectivity index is 2.00. The van der Waals surface area contributed by atoms with Crippen LogP contribution in [0.1, 0.15) is 17.5 Å². The van der Waals surface area contributed by atoms with Gasteiger partial charge in [-0.2, -0.15) is 0 Å². The van der Waals surface area contributed by atoms with E-state index in [1.807, 2.05) is 36.4 Å². The first-order chi connectivity index (χ1) is 12.5. The molecule has 0 amide bonds. The van der Waals surface area contributed by atoms with Gasteiger partial charge in [0.25, 0.3) is 0 Å². The quantitative estimate of drug-likeness (QED) is 0.755. The van der Waals surface area contributed by atoms with Gasteiger partial charge in [-0.05, 0) is 34.9 Å². The molecule has 0 spiro atoms. The molecule has 3 rings (SSSR count). The van der Waals surface area contributed by atoms with E-state index < -0.39 is 17.5 Å². The van der Waals surface area contributed by atoms with Gasteiger partial charge in [0.1, 0.15) is 0 Å². The van der Waals surface area contributed by atoms with Gasteiger partial charge in [0, 0.05) is 17.5 Å². The van der Waals surface area contributed by atoms with E-state index in [4.69, 9.17) is 21.1 Å². The van der Waals surface area contributed by atoms with Gasteiger partial charge in [-0.1, -0.05) is 60.1 Å². The Labute approximate surface area is 156 Å². The van der Waals surface area contributed by atoms with E-state index in [9.17, 15) is 9.59 Å². The van der Waals surface area contributed by atoms with Crippen molar-refractivity contribution in [3.63, 3.8) is 0 Å². The first kappa shape index (κ1) is 18.0. The molecule has 0 fully saturated rings. The number of ether oxygens (including phenoxy) is 2. The average Bonchev–Trinajstić information content (AvgIpc) is 2.66. The molecule has 1 heterocycles. The first-order valence-corrected chi connectivity index (χ1v) is 8.42. The molecule has 1 aliphatic heterocycles. The summed E-state index contributed by atoms with van der Waals surface area (Å²) in [4.78, 5) is 24.7. The van der Waals surface area contributed by atoms with Crippen LogP contribution >= 0.6 is 11.6 Å². The summed E-state index contributed by atoms with van der Waals surface area (Å²) in [6.45, 7) is 0. The number of cyclic esters (lactones) is 1. The number of rotatable bonds is 4. The maximum Gasteiger partial charge on any atom is 0.354 e. The predicted molar refractivity (Wildman–Crippen MR) is 100 cm³/mol. The van der Waals surface area contributed by atoms with Gasteiger partial charge in [0.15, 0.2) is 0 Å². The van der Waals surface area contributed by atoms with Crippen molar-refractivity contribution < 1.29 is 19.1 Å². The van der Waals surface area contributed by atoms with Gasteiger partial charge in [0.05, 0.1) is 7.11 Å². The van der Waals surface area contributed by atoms with Crippen LogP contribution in [-0.4, -0.2) is 24.6 Å². The minimum Gasteiger partial charge on any atom is -0.466 e. The molecule has 1 aliphatic rings. The SMILES string of the molecule is COC(=O)[C@@]1(/C=C/c2ccccc2)CC(c2cccc(Cl)c2)=CC(=O)O1. The Morgan fingerprint density at radius 2 is 1.96 bits per heavy atom. The van der Waals surface area contributed by atoms with Crippen LogP contribution in [-0.2, 0) is 19.1 Å². The molecule has 132 valence electrons. The largest absolute Gasteiger partial charge is 0.466 e. The van der Waals surface area contributed by atoms with Crippen LogP contribution in [0.4, 0.5) is 0 Å². The third kappa shape index (κ3) is 3.86. The highest BCUT2D eigenvalue weighted by Crippen LogP contribution is 2.35. The second-order valence-electron chi connectivity index (χ2n) is 5.90. The highest BCUT2D eigenvalue weighted by atomic mass is 35.5. The molecule has 0 radical (unpaired) electrons. The molecule has 2 aromatic carbocycles. The number of hydrogen-bond donors (Lipinski definition) is 0. The van der Waals surface area contributed by atoms with Gasteiger partial charge in [-0.25, -0.2) is 9.59 Å². The molecule has 0 N–H and O–H groups in total. The van der Waals surface area contributed by atoms with Crippen molar-refractivity contribution >= 4 is 35.2 Å². The highest BCUT2D eigenvalue weighted by Gasteiger charge is 2.44. The maximum absolute atomic E-state index is 12.5. The van der Waals surface area contributed by atoms with E-state index in [0.717, 1.165) is 11.1 Å². The Morgan fingerprint density at radius 3 is 2.65 bits per heavy atom. The Kier molecular flexibility index (Phi) is 5.24. The predicted octanol–water partition coefficient (Wildman–Crippen LogP) is 4.30. The van der Waals surface area contributed by atoms with Gasteiger partial charge in [-0.15, -0.1) is 0 Å². The monoisotopic (exact) mass is 368 g/mol. The van der Waals surface area contributed by atoms with Gasteiger partial charge in [0.2, 0.25) is 5.60 Å². The zero-order valence-electron chi connectivity index (χ0n) is 14.1. The summed E-state index contributed by atoms with van der Waals surface area (Å²) in [5.74, 6) is -1.24. The van der Waals surface area contributed by atoms with Gasteiger partial charge in [-0.3, -0.25) is 0 Å². The molecule has 4 nitrogen and oxygen atoms in total. The van der Waals surface area contributed by atoms with Crippen LogP contribution in [0.25, 0.3) is 11.6 Å². The molecule has 0 saturated heterocycles. The number of carbonyl (C=O) groups is 2. The highest BCUT2D eigenvalue weighted by molar-refractivity contribution is 6.30. The van der Waals surface area contributed by atoms with E-state index in [1.165, 1.54) is 13.2 Å². The minimum absolute atomic E-state index is 0.162. The zero-order valence-corrected chi connectivity index (χ0v) is 14.9. The summed E-state index contributed by atoms with van der Waals surface area (Å²) >= 11 is 6.05. The average molecular weight is 369 g/mol. The number of benzene rings is 2. The molecule has 0 bridgehead atoms. The van der Waals surface area contributed by atoms with E-state index >= 15 is 0 Å². The van der Waals surface area contributed by atoms with E-state index in [1.54, 1.807) is 30.4 Å². The fourth-order valence-corrected chi connectivity index (χ4v) is 3.03. The lowest BCUT2D eigenvalue weighted by molar-refractivity contribution is -0.172. The van der Waals surface area contributed by atoms with Crippen molar-refractivity contribution in [1.82, 2.24) is 0 Å². The Morgan fingerprint density at radius 1 is 1.19 bits per heavy atom. The molecular formula is C21H17ClO4. The second-order valence-corrected chi connectivity index (χ2v) is 6.34. The standard InChI is InChI=1S/C21H17ClO4/c1-25-20(24)21(11-10-15-6-3-2-4-7-15)14-17(13-19(23)26-21)16-8-5-9-18(22)12-16/h2-13H,14H2,1H3/b11-10+/t21-/m1/s1. The topological polar surface area (TPSA) is 52.6 Å². The van der Waals surface area contributed by atoms with Crippen LogP contribution in [0, 0.1) is 0 Å². The van der Waals surface area contributed by atoms with Crippen LogP contribution in [0.5, 0.6) is 0 Å². The molecule has 2 aromatic rings. The molecule has 5 heteroatoms. The molecule has 1 atom stereocenters.